The molecular weight excluding hydrogens is 575 g/mol. The average molecular weight is 609 g/mol. The fourth-order valence-corrected chi connectivity index (χ4v) is 6.26. The third kappa shape index (κ3) is 7.06. The molecule has 0 heterocycles. The highest BCUT2D eigenvalue weighted by molar-refractivity contribution is 7.92. The lowest BCUT2D eigenvalue weighted by molar-refractivity contribution is -0.141. The Morgan fingerprint density at radius 3 is 2.05 bits per heavy atom. The van der Waals surface area contributed by atoms with E-state index in [0.717, 1.165) is 4.31 Å². The predicted molar refractivity (Wildman–Crippen MR) is 162 cm³/mol. The third-order valence-electron chi connectivity index (χ3n) is 7.07. The van der Waals surface area contributed by atoms with Gasteiger partial charge in [-0.15, -0.1) is 0 Å². The van der Waals surface area contributed by atoms with Crippen molar-refractivity contribution < 1.29 is 36.6 Å². The summed E-state index contributed by atoms with van der Waals surface area (Å²) >= 11 is 0. The van der Waals surface area contributed by atoms with Crippen LogP contribution in [0.4, 0.5) is 15.8 Å². The third-order valence-corrected chi connectivity index (χ3v) is 8.84. The Kier molecular flexibility index (Phi) is 9.87. The van der Waals surface area contributed by atoms with Crippen LogP contribution in [0.15, 0.2) is 89.8 Å². The number of fused-ring (bicyclic) bond motifs is 1. The standard InChI is InChI=1S/C32H33FN2O7S/c1-22(18-31(36)41-3)34(20-23-8-7-9-24(33)19-23)29-16-17-30(28-11-6-5-10-27(28)29)35(21-32(37)42-4)43(38,39)26-14-12-25(40-2)13-15-26/h5-17,19,22H,18,20-21H2,1-4H3/t22-/m0/s1. The molecule has 0 aliphatic heterocycles. The van der Waals surface area contributed by atoms with Gasteiger partial charge in [-0.2, -0.15) is 0 Å². The fraction of sp³-hybridized carbons (Fsp3) is 0.250. The van der Waals surface area contributed by atoms with Crippen molar-refractivity contribution in [1.82, 2.24) is 0 Å². The lowest BCUT2D eigenvalue weighted by atomic mass is 10.0. The van der Waals surface area contributed by atoms with Crippen LogP contribution in [-0.4, -0.2) is 54.3 Å². The highest BCUT2D eigenvalue weighted by atomic mass is 32.2. The first kappa shape index (κ1) is 31.3. The van der Waals surface area contributed by atoms with E-state index in [2.05, 4.69) is 0 Å². The smallest absolute Gasteiger partial charge is 0.326 e. The van der Waals surface area contributed by atoms with Crippen LogP contribution in [0.25, 0.3) is 10.8 Å². The summed E-state index contributed by atoms with van der Waals surface area (Å²) in [5.41, 5.74) is 1.62. The fourth-order valence-electron chi connectivity index (χ4n) is 4.84. The molecule has 4 aromatic carbocycles. The first-order valence-corrected chi connectivity index (χ1v) is 14.9. The summed E-state index contributed by atoms with van der Waals surface area (Å²) in [6, 6.07) is 22.2. The summed E-state index contributed by atoms with van der Waals surface area (Å²) in [5, 5.41) is 1.20. The minimum Gasteiger partial charge on any atom is -0.497 e. The number of anilines is 2. The van der Waals surface area contributed by atoms with E-state index in [0.29, 0.717) is 27.8 Å². The topological polar surface area (TPSA) is 102 Å². The van der Waals surface area contributed by atoms with Gasteiger partial charge in [0, 0.05) is 29.0 Å². The number of methoxy groups -OCH3 is 3. The van der Waals surface area contributed by atoms with Crippen molar-refractivity contribution in [3.63, 3.8) is 0 Å². The number of carbonyl (C=O) groups is 2. The molecule has 4 aromatic rings. The summed E-state index contributed by atoms with van der Waals surface area (Å²) in [6.45, 7) is 1.55. The van der Waals surface area contributed by atoms with Crippen LogP contribution in [0, 0.1) is 5.82 Å². The molecule has 43 heavy (non-hydrogen) atoms. The summed E-state index contributed by atoms with van der Waals surface area (Å²) < 4.78 is 58.0. The van der Waals surface area contributed by atoms with Crippen molar-refractivity contribution in [3.05, 3.63) is 96.3 Å². The Labute approximate surface area is 250 Å². The minimum absolute atomic E-state index is 0.0372. The zero-order chi connectivity index (χ0) is 31.1. The second-order valence-electron chi connectivity index (χ2n) is 9.80. The first-order valence-electron chi connectivity index (χ1n) is 13.4. The van der Waals surface area contributed by atoms with E-state index in [1.54, 1.807) is 36.4 Å². The molecule has 0 aliphatic carbocycles. The Bertz CT molecular complexity index is 1710. The largest absolute Gasteiger partial charge is 0.497 e. The van der Waals surface area contributed by atoms with E-state index in [-0.39, 0.29) is 35.4 Å². The van der Waals surface area contributed by atoms with Gasteiger partial charge in [0.05, 0.1) is 38.3 Å². The molecule has 11 heteroatoms. The second kappa shape index (κ2) is 13.6. The quantitative estimate of drug-likeness (QED) is 0.199. The maximum absolute atomic E-state index is 14.1. The van der Waals surface area contributed by atoms with E-state index in [1.165, 1.54) is 57.7 Å². The van der Waals surface area contributed by atoms with Crippen molar-refractivity contribution in [2.45, 2.75) is 30.8 Å². The number of carbonyl (C=O) groups excluding carboxylic acids is 2. The van der Waals surface area contributed by atoms with Crippen LogP contribution in [-0.2, 0) is 35.6 Å². The van der Waals surface area contributed by atoms with Gasteiger partial charge in [-0.1, -0.05) is 36.4 Å². The van der Waals surface area contributed by atoms with Gasteiger partial charge in [-0.05, 0) is 61.0 Å². The normalized spacial score (nSPS) is 11.9. The molecule has 0 saturated carbocycles. The molecule has 0 bridgehead atoms. The number of benzene rings is 4. The predicted octanol–water partition coefficient (Wildman–Crippen LogP) is 5.31. The van der Waals surface area contributed by atoms with Crippen LogP contribution in [0.5, 0.6) is 5.75 Å². The molecule has 226 valence electrons. The van der Waals surface area contributed by atoms with Gasteiger partial charge >= 0.3 is 11.9 Å². The zero-order valence-electron chi connectivity index (χ0n) is 24.3. The second-order valence-corrected chi connectivity index (χ2v) is 11.7. The van der Waals surface area contributed by atoms with Gasteiger partial charge in [0.15, 0.2) is 0 Å². The maximum Gasteiger partial charge on any atom is 0.326 e. The highest BCUT2D eigenvalue weighted by Gasteiger charge is 2.30. The molecule has 0 unspecified atom stereocenters. The Balaban J connectivity index is 1.88. The van der Waals surface area contributed by atoms with Gasteiger partial charge < -0.3 is 19.1 Å². The lowest BCUT2D eigenvalue weighted by Crippen LogP contribution is -2.37. The number of rotatable bonds is 12. The molecule has 0 aliphatic rings. The number of nitrogens with zero attached hydrogens (tertiary/aromatic N) is 2. The Morgan fingerprint density at radius 1 is 0.814 bits per heavy atom. The van der Waals surface area contributed by atoms with E-state index in [4.69, 9.17) is 14.2 Å². The molecule has 4 rings (SSSR count). The Morgan fingerprint density at radius 2 is 1.44 bits per heavy atom. The lowest BCUT2D eigenvalue weighted by Gasteiger charge is -2.33. The van der Waals surface area contributed by atoms with Crippen molar-refractivity contribution in [1.29, 1.82) is 0 Å². The van der Waals surface area contributed by atoms with Crippen molar-refractivity contribution in [2.75, 3.05) is 37.1 Å². The molecule has 0 saturated heterocycles. The molecule has 0 N–H and O–H groups in total. The molecule has 0 amide bonds. The van der Waals surface area contributed by atoms with E-state index in [9.17, 15) is 22.4 Å². The molecule has 0 radical (unpaired) electrons. The maximum atomic E-state index is 14.1. The number of ether oxygens (including phenoxy) is 3. The monoisotopic (exact) mass is 608 g/mol. The van der Waals surface area contributed by atoms with E-state index in [1.807, 2.05) is 24.0 Å². The average Bonchev–Trinajstić information content (AvgIpc) is 3.02. The van der Waals surface area contributed by atoms with Gasteiger partial charge in [0.2, 0.25) is 0 Å². The van der Waals surface area contributed by atoms with Crippen molar-refractivity contribution >= 4 is 44.1 Å². The summed E-state index contributed by atoms with van der Waals surface area (Å²) in [5.74, 6) is -1.06. The first-order chi connectivity index (χ1) is 20.6. The molecule has 0 aromatic heterocycles. The summed E-state index contributed by atoms with van der Waals surface area (Å²) in [7, 11) is -0.257. The van der Waals surface area contributed by atoms with Gasteiger partial charge in [-0.3, -0.25) is 13.9 Å². The van der Waals surface area contributed by atoms with Gasteiger partial charge in [0.1, 0.15) is 18.1 Å². The SMILES string of the molecule is COC(=O)C[C@H](C)N(Cc1cccc(F)c1)c1ccc(N(CC(=O)OC)S(=O)(=O)c2ccc(OC)cc2)c2ccccc12. The molecule has 9 nitrogen and oxygen atoms in total. The summed E-state index contributed by atoms with van der Waals surface area (Å²) in [4.78, 5) is 26.7. The minimum atomic E-state index is -4.24. The zero-order valence-corrected chi connectivity index (χ0v) is 25.1. The van der Waals surface area contributed by atoms with Crippen molar-refractivity contribution in [3.8, 4) is 5.75 Å². The van der Waals surface area contributed by atoms with Gasteiger partial charge in [-0.25, -0.2) is 12.8 Å². The van der Waals surface area contributed by atoms with Crippen molar-refractivity contribution in [2.24, 2.45) is 0 Å². The van der Waals surface area contributed by atoms with Crippen LogP contribution >= 0.6 is 0 Å². The van der Waals surface area contributed by atoms with E-state index >= 15 is 0 Å². The number of hydrogen-bond donors (Lipinski definition) is 0. The number of esters is 2. The molecule has 0 fully saturated rings. The molecule has 0 spiro atoms. The Hall–Kier alpha value is -4.64. The van der Waals surface area contributed by atoms with Crippen LogP contribution in [0.2, 0.25) is 0 Å². The number of hydrogen-bond acceptors (Lipinski definition) is 8. The number of sulfonamides is 1. The van der Waals surface area contributed by atoms with Crippen LogP contribution in [0.1, 0.15) is 18.9 Å². The molecule has 1 atom stereocenters. The highest BCUT2D eigenvalue weighted by Crippen LogP contribution is 2.38. The number of halogens is 1. The van der Waals surface area contributed by atoms with Crippen LogP contribution in [0.3, 0.4) is 0 Å². The van der Waals surface area contributed by atoms with Gasteiger partial charge in [0.25, 0.3) is 10.0 Å². The molecular formula is C32H33FN2O7S. The van der Waals surface area contributed by atoms with E-state index < -0.39 is 28.5 Å². The summed E-state index contributed by atoms with van der Waals surface area (Å²) in [6.07, 6.45) is 0.0577. The van der Waals surface area contributed by atoms with Crippen LogP contribution < -0.4 is 13.9 Å².